The summed E-state index contributed by atoms with van der Waals surface area (Å²) in [7, 11) is 1.92. The third-order valence-corrected chi connectivity index (χ3v) is 7.82. The van der Waals surface area contributed by atoms with Crippen molar-refractivity contribution >= 4 is 47.4 Å². The number of benzene rings is 1. The van der Waals surface area contributed by atoms with E-state index in [0.29, 0.717) is 4.75 Å². The number of ether oxygens (including phenoxy) is 1. The highest BCUT2D eigenvalue weighted by Crippen LogP contribution is 2.42. The van der Waals surface area contributed by atoms with Gasteiger partial charge in [-0.1, -0.05) is 31.4 Å². The van der Waals surface area contributed by atoms with Crippen molar-refractivity contribution in [2.24, 2.45) is 4.99 Å². The largest absolute Gasteiger partial charge is 0.378 e. The van der Waals surface area contributed by atoms with E-state index in [1.165, 1.54) is 49.1 Å². The van der Waals surface area contributed by atoms with Crippen LogP contribution in [0.2, 0.25) is 0 Å². The molecule has 1 aromatic rings. The maximum absolute atomic E-state index is 5.45. The number of anilines is 1. The van der Waals surface area contributed by atoms with E-state index in [0.717, 1.165) is 51.9 Å². The smallest absolute Gasteiger partial charge is 0.193 e. The number of rotatable bonds is 3. The summed E-state index contributed by atoms with van der Waals surface area (Å²) < 4.78 is 5.92. The van der Waals surface area contributed by atoms with Gasteiger partial charge < -0.3 is 19.9 Å². The first kappa shape index (κ1) is 23.0. The van der Waals surface area contributed by atoms with E-state index in [9.17, 15) is 0 Å². The van der Waals surface area contributed by atoms with Gasteiger partial charge in [0.25, 0.3) is 0 Å². The molecule has 2 aliphatic heterocycles. The minimum atomic E-state index is 0. The minimum Gasteiger partial charge on any atom is -0.378 e. The highest BCUT2D eigenvalue weighted by molar-refractivity contribution is 14.0. The van der Waals surface area contributed by atoms with Crippen molar-refractivity contribution in [1.29, 1.82) is 0 Å². The van der Waals surface area contributed by atoms with Crippen molar-refractivity contribution < 1.29 is 4.74 Å². The van der Waals surface area contributed by atoms with Crippen LogP contribution in [0.5, 0.6) is 0 Å². The molecule has 0 unspecified atom stereocenters. The lowest BCUT2D eigenvalue weighted by Crippen LogP contribution is -2.53. The van der Waals surface area contributed by atoms with Gasteiger partial charge in [0.2, 0.25) is 0 Å². The Bertz CT molecular complexity index is 652. The van der Waals surface area contributed by atoms with Crippen molar-refractivity contribution in [1.82, 2.24) is 10.2 Å². The molecule has 1 spiro atoms. The quantitative estimate of drug-likeness (QED) is 0.364. The second-order valence-corrected chi connectivity index (χ2v) is 9.74. The molecule has 5 nitrogen and oxygen atoms in total. The molecular formula is C22H35IN4OS. The fourth-order valence-corrected chi connectivity index (χ4v) is 6.25. The van der Waals surface area contributed by atoms with Crippen molar-refractivity contribution in [3.05, 3.63) is 29.8 Å². The molecule has 3 fully saturated rings. The molecule has 162 valence electrons. The van der Waals surface area contributed by atoms with E-state index in [4.69, 9.17) is 4.74 Å². The van der Waals surface area contributed by atoms with Crippen LogP contribution in [0.1, 0.15) is 37.7 Å². The average Bonchev–Trinajstić information content (AvgIpc) is 2.76. The van der Waals surface area contributed by atoms with E-state index in [1.807, 2.05) is 7.05 Å². The number of halogens is 1. The Morgan fingerprint density at radius 3 is 2.52 bits per heavy atom. The second kappa shape index (κ2) is 11.1. The molecule has 1 saturated carbocycles. The summed E-state index contributed by atoms with van der Waals surface area (Å²) in [6, 6.07) is 8.94. The number of guanidine groups is 1. The summed E-state index contributed by atoms with van der Waals surface area (Å²) >= 11 is 2.21. The van der Waals surface area contributed by atoms with E-state index in [-0.39, 0.29) is 24.0 Å². The minimum absolute atomic E-state index is 0. The molecule has 0 radical (unpaired) electrons. The predicted molar refractivity (Wildman–Crippen MR) is 135 cm³/mol. The van der Waals surface area contributed by atoms with Gasteiger partial charge in [0.15, 0.2) is 5.96 Å². The van der Waals surface area contributed by atoms with Gasteiger partial charge in [0.05, 0.1) is 13.2 Å². The van der Waals surface area contributed by atoms with E-state index in [2.05, 4.69) is 56.1 Å². The number of hydrogen-bond donors (Lipinski definition) is 1. The average molecular weight is 531 g/mol. The molecule has 0 atom stereocenters. The highest BCUT2D eigenvalue weighted by atomic mass is 127. The van der Waals surface area contributed by atoms with Gasteiger partial charge in [-0.15, -0.1) is 24.0 Å². The third kappa shape index (κ3) is 5.94. The molecule has 1 aromatic carbocycles. The number of nitrogens with one attached hydrogen (secondary N) is 1. The predicted octanol–water partition coefficient (Wildman–Crippen LogP) is 3.97. The van der Waals surface area contributed by atoms with Gasteiger partial charge in [-0.05, 0) is 30.5 Å². The molecule has 1 aliphatic carbocycles. The molecule has 1 N–H and O–H groups in total. The Morgan fingerprint density at radius 2 is 1.83 bits per heavy atom. The number of aliphatic imine (C=N–C) groups is 1. The number of thioether (sulfide) groups is 1. The van der Waals surface area contributed by atoms with Crippen molar-refractivity contribution in [2.75, 3.05) is 57.1 Å². The third-order valence-electron chi connectivity index (χ3n) is 6.29. The molecular weight excluding hydrogens is 495 g/mol. The topological polar surface area (TPSA) is 40.1 Å². The van der Waals surface area contributed by atoms with Crippen LogP contribution in [0.25, 0.3) is 0 Å². The normalized spacial score (nSPS) is 22.3. The van der Waals surface area contributed by atoms with Gasteiger partial charge >= 0.3 is 0 Å². The van der Waals surface area contributed by atoms with Crippen LogP contribution in [-0.2, 0) is 11.3 Å². The van der Waals surface area contributed by atoms with Crippen LogP contribution in [0.4, 0.5) is 5.69 Å². The molecule has 4 rings (SSSR count). The molecule has 29 heavy (non-hydrogen) atoms. The zero-order valence-corrected chi connectivity index (χ0v) is 20.7. The maximum Gasteiger partial charge on any atom is 0.193 e. The Kier molecular flexibility index (Phi) is 8.80. The Morgan fingerprint density at radius 1 is 1.10 bits per heavy atom. The lowest BCUT2D eigenvalue weighted by molar-refractivity contribution is 0.122. The Hall–Kier alpha value is -0.670. The maximum atomic E-state index is 5.45. The number of nitrogens with zero attached hydrogens (tertiary/aromatic N) is 3. The lowest BCUT2D eigenvalue weighted by atomic mass is 9.87. The molecule has 0 amide bonds. The Labute approximate surface area is 197 Å². The van der Waals surface area contributed by atoms with Crippen molar-refractivity contribution in [3.63, 3.8) is 0 Å². The van der Waals surface area contributed by atoms with Crippen molar-refractivity contribution in [2.45, 2.75) is 43.4 Å². The van der Waals surface area contributed by atoms with Gasteiger partial charge in [0.1, 0.15) is 0 Å². The summed E-state index contributed by atoms with van der Waals surface area (Å²) in [5, 5.41) is 3.61. The van der Waals surface area contributed by atoms with E-state index < -0.39 is 0 Å². The first-order valence-corrected chi connectivity index (χ1v) is 11.8. The molecule has 7 heteroatoms. The first-order chi connectivity index (χ1) is 13.8. The van der Waals surface area contributed by atoms with Crippen molar-refractivity contribution in [3.8, 4) is 0 Å². The summed E-state index contributed by atoms with van der Waals surface area (Å²) in [5.41, 5.74) is 2.60. The SMILES string of the molecule is CN=C(NCc1ccc(N2CCOCC2)cc1)N1CCSC2(CCCCC2)C1.I. The zero-order chi connectivity index (χ0) is 19.2. The fourth-order valence-electron chi connectivity index (χ4n) is 4.68. The summed E-state index contributed by atoms with van der Waals surface area (Å²) in [4.78, 5) is 9.48. The van der Waals surface area contributed by atoms with Crippen LogP contribution in [-0.4, -0.2) is 67.8 Å². The summed E-state index contributed by atoms with van der Waals surface area (Å²) in [5.74, 6) is 2.28. The number of morpholine rings is 1. The van der Waals surface area contributed by atoms with E-state index in [1.54, 1.807) is 0 Å². The molecule has 2 saturated heterocycles. The fraction of sp³-hybridized carbons (Fsp3) is 0.682. The van der Waals surface area contributed by atoms with Crippen LogP contribution >= 0.6 is 35.7 Å². The highest BCUT2D eigenvalue weighted by Gasteiger charge is 2.38. The van der Waals surface area contributed by atoms with E-state index >= 15 is 0 Å². The number of hydrogen-bond acceptors (Lipinski definition) is 4. The van der Waals surface area contributed by atoms with Crippen LogP contribution in [0, 0.1) is 0 Å². The van der Waals surface area contributed by atoms with Gasteiger partial charge in [-0.2, -0.15) is 11.8 Å². The molecule has 0 aromatic heterocycles. The zero-order valence-electron chi connectivity index (χ0n) is 17.6. The molecule has 3 aliphatic rings. The lowest BCUT2D eigenvalue weighted by Gasteiger charge is -2.45. The summed E-state index contributed by atoms with van der Waals surface area (Å²) in [6.07, 6.45) is 6.93. The van der Waals surface area contributed by atoms with Crippen LogP contribution < -0.4 is 10.2 Å². The molecule has 2 heterocycles. The van der Waals surface area contributed by atoms with Crippen LogP contribution in [0.15, 0.2) is 29.3 Å². The van der Waals surface area contributed by atoms with Gasteiger partial charge in [-0.25, -0.2) is 0 Å². The van der Waals surface area contributed by atoms with Gasteiger partial charge in [-0.3, -0.25) is 4.99 Å². The van der Waals surface area contributed by atoms with Gasteiger partial charge in [0, 0.05) is 56.0 Å². The van der Waals surface area contributed by atoms with Crippen LogP contribution in [0.3, 0.4) is 0 Å². The second-order valence-electron chi connectivity index (χ2n) is 8.18. The monoisotopic (exact) mass is 530 g/mol. The standard InChI is InChI=1S/C22H34N4OS.HI/c1-23-21(26-13-16-28-22(18-26)9-3-2-4-10-22)24-17-19-5-7-20(8-6-19)25-11-14-27-15-12-25;/h5-8H,2-4,9-18H2,1H3,(H,23,24);1H. The molecule has 0 bridgehead atoms. The Balaban J connectivity index is 0.00000240. The summed E-state index contributed by atoms with van der Waals surface area (Å²) in [6.45, 7) is 6.70. The first-order valence-electron chi connectivity index (χ1n) is 10.8.